The predicted octanol–water partition coefficient (Wildman–Crippen LogP) is -2.90. The summed E-state index contributed by atoms with van der Waals surface area (Å²) < 4.78 is 0. The van der Waals surface area contributed by atoms with Gasteiger partial charge in [-0.25, -0.2) is 9.78 Å². The summed E-state index contributed by atoms with van der Waals surface area (Å²) in [5.74, 6) is -4.51. The lowest BCUT2D eigenvalue weighted by Crippen LogP contribution is -2.57. The summed E-state index contributed by atoms with van der Waals surface area (Å²) in [5, 5.41) is 16.8. The zero-order valence-corrected chi connectivity index (χ0v) is 21.2. The largest absolute Gasteiger partial charge is 0.480 e. The fraction of sp³-hybridized carbons (Fsp3) is 0.571. The molecular weight excluding hydrogens is 508 g/mol. The molecule has 1 heterocycles. The molecule has 11 N–H and O–H groups in total. The van der Waals surface area contributed by atoms with E-state index in [2.05, 4.69) is 25.9 Å². The number of thioether (sulfide) groups is 1. The third-order valence-corrected chi connectivity index (χ3v) is 5.83. The highest BCUT2D eigenvalue weighted by Gasteiger charge is 2.31. The van der Waals surface area contributed by atoms with E-state index in [1.165, 1.54) is 24.3 Å². The van der Waals surface area contributed by atoms with Gasteiger partial charge in [-0.05, 0) is 31.3 Å². The molecule has 15 nitrogen and oxygen atoms in total. The van der Waals surface area contributed by atoms with Gasteiger partial charge >= 0.3 is 5.97 Å². The monoisotopic (exact) mass is 542 g/mol. The van der Waals surface area contributed by atoms with Crippen molar-refractivity contribution in [3.05, 3.63) is 18.2 Å². The number of rotatable bonds is 18. The minimum Gasteiger partial charge on any atom is -0.480 e. The fourth-order valence-electron chi connectivity index (χ4n) is 3.13. The number of carboxylic acids is 1. The van der Waals surface area contributed by atoms with Gasteiger partial charge in [0.25, 0.3) is 0 Å². The van der Waals surface area contributed by atoms with Crippen LogP contribution in [0.5, 0.6) is 0 Å². The Hall–Kier alpha value is -3.66. The summed E-state index contributed by atoms with van der Waals surface area (Å²) in [6.07, 6.45) is 4.01. The number of nitrogens with zero attached hydrogens (tertiary/aromatic N) is 1. The Morgan fingerprint density at radius 1 is 0.919 bits per heavy atom. The van der Waals surface area contributed by atoms with Crippen molar-refractivity contribution in [2.24, 2.45) is 17.2 Å². The minimum atomic E-state index is -1.30. The molecule has 0 aliphatic carbocycles. The molecule has 5 amide bonds. The van der Waals surface area contributed by atoms with Crippen molar-refractivity contribution in [2.75, 3.05) is 12.0 Å². The SMILES string of the molecule is CSCCC(NC(=O)C(Cc1cnc[nH]1)NC(=O)C(CCC(N)=O)NC(=O)C(N)CCC(N)=O)C(=O)O. The second-order valence-electron chi connectivity index (χ2n) is 8.20. The average Bonchev–Trinajstić information content (AvgIpc) is 3.34. The zero-order valence-electron chi connectivity index (χ0n) is 20.4. The number of hydrogen-bond acceptors (Lipinski definition) is 9. The van der Waals surface area contributed by atoms with E-state index in [0.717, 1.165) is 0 Å². The molecule has 1 aromatic heterocycles. The maximum atomic E-state index is 13.1. The molecule has 0 fully saturated rings. The highest BCUT2D eigenvalue weighted by Crippen LogP contribution is 2.06. The van der Waals surface area contributed by atoms with Gasteiger partial charge in [0.15, 0.2) is 0 Å². The van der Waals surface area contributed by atoms with Crippen molar-refractivity contribution in [1.82, 2.24) is 25.9 Å². The van der Waals surface area contributed by atoms with Crippen LogP contribution in [0.1, 0.15) is 37.8 Å². The van der Waals surface area contributed by atoms with Crippen LogP contribution in [0.3, 0.4) is 0 Å². The fourth-order valence-corrected chi connectivity index (χ4v) is 3.60. The Bertz CT molecular complexity index is 943. The first kappa shape index (κ1) is 31.4. The smallest absolute Gasteiger partial charge is 0.326 e. The minimum absolute atomic E-state index is 0.0667. The van der Waals surface area contributed by atoms with E-state index in [-0.39, 0.29) is 38.5 Å². The van der Waals surface area contributed by atoms with Crippen molar-refractivity contribution >= 4 is 47.3 Å². The molecule has 0 saturated carbocycles. The van der Waals surface area contributed by atoms with Crippen LogP contribution >= 0.6 is 11.8 Å². The summed E-state index contributed by atoms with van der Waals surface area (Å²) in [7, 11) is 0. The number of carbonyl (C=O) groups is 6. The van der Waals surface area contributed by atoms with Gasteiger partial charge in [0.05, 0.1) is 12.4 Å². The number of carboxylic acid groups (broad SMARTS) is 1. The zero-order chi connectivity index (χ0) is 28.0. The van der Waals surface area contributed by atoms with Crippen LogP contribution in [0, 0.1) is 0 Å². The highest BCUT2D eigenvalue weighted by atomic mass is 32.2. The Kier molecular flexibility index (Phi) is 13.7. The van der Waals surface area contributed by atoms with Crippen LogP contribution in [-0.2, 0) is 35.2 Å². The third kappa shape index (κ3) is 12.2. The van der Waals surface area contributed by atoms with Crippen molar-refractivity contribution in [2.45, 2.75) is 62.7 Å². The van der Waals surface area contributed by atoms with Crippen molar-refractivity contribution in [3.63, 3.8) is 0 Å². The van der Waals surface area contributed by atoms with Gasteiger partial charge in [0.1, 0.15) is 18.1 Å². The molecule has 206 valence electrons. The van der Waals surface area contributed by atoms with E-state index >= 15 is 0 Å². The maximum Gasteiger partial charge on any atom is 0.326 e. The molecule has 4 unspecified atom stereocenters. The standard InChI is InChI=1S/C21H34N8O7S/c1-37-7-6-14(21(35)36)28-20(34)15(8-11-9-25-10-26-11)29-19(33)13(3-5-17(24)31)27-18(32)12(22)2-4-16(23)30/h9-10,12-15H,2-8,22H2,1H3,(H2,23,30)(H2,24,31)(H,25,26)(H,27,32)(H,28,34)(H,29,33)(H,35,36). The summed E-state index contributed by atoms with van der Waals surface area (Å²) in [6, 6.07) is -4.90. The van der Waals surface area contributed by atoms with Gasteiger partial charge in [0, 0.05) is 31.2 Å². The number of hydrogen-bond donors (Lipinski definition) is 8. The molecule has 0 aromatic carbocycles. The van der Waals surface area contributed by atoms with Crippen LogP contribution in [0.25, 0.3) is 0 Å². The quantitative estimate of drug-likeness (QED) is 0.0937. The molecule has 0 saturated heterocycles. The van der Waals surface area contributed by atoms with Crippen LogP contribution in [0.15, 0.2) is 12.5 Å². The first-order chi connectivity index (χ1) is 17.4. The lowest BCUT2D eigenvalue weighted by molar-refractivity contribution is -0.142. The van der Waals surface area contributed by atoms with Gasteiger partial charge < -0.3 is 43.2 Å². The van der Waals surface area contributed by atoms with E-state index in [4.69, 9.17) is 17.2 Å². The van der Waals surface area contributed by atoms with Gasteiger partial charge in [-0.1, -0.05) is 0 Å². The predicted molar refractivity (Wildman–Crippen MR) is 134 cm³/mol. The molecule has 37 heavy (non-hydrogen) atoms. The lowest BCUT2D eigenvalue weighted by Gasteiger charge is -2.25. The Morgan fingerprint density at radius 2 is 1.49 bits per heavy atom. The molecular formula is C21H34N8O7S. The molecule has 16 heteroatoms. The number of aromatic nitrogens is 2. The number of nitrogens with two attached hydrogens (primary N) is 3. The van der Waals surface area contributed by atoms with Crippen LogP contribution < -0.4 is 33.2 Å². The Labute approximate surface area is 217 Å². The Balaban J connectivity index is 3.05. The van der Waals surface area contributed by atoms with Gasteiger partial charge in [0.2, 0.25) is 29.5 Å². The summed E-state index contributed by atoms with van der Waals surface area (Å²) >= 11 is 1.41. The molecule has 0 bridgehead atoms. The van der Waals surface area contributed by atoms with E-state index in [9.17, 15) is 33.9 Å². The third-order valence-electron chi connectivity index (χ3n) is 5.19. The summed E-state index contributed by atoms with van der Waals surface area (Å²) in [5.41, 5.74) is 16.5. The van der Waals surface area contributed by atoms with Crippen molar-refractivity contribution in [1.29, 1.82) is 0 Å². The van der Waals surface area contributed by atoms with Crippen molar-refractivity contribution < 1.29 is 33.9 Å². The molecule has 0 radical (unpaired) electrons. The van der Waals surface area contributed by atoms with Gasteiger partial charge in [-0.15, -0.1) is 0 Å². The summed E-state index contributed by atoms with van der Waals surface area (Å²) in [4.78, 5) is 79.1. The molecule has 4 atom stereocenters. The number of primary amides is 2. The van der Waals surface area contributed by atoms with E-state index in [1.807, 2.05) is 0 Å². The number of aliphatic carboxylic acids is 1. The number of amides is 5. The lowest BCUT2D eigenvalue weighted by atomic mass is 10.1. The Morgan fingerprint density at radius 3 is 2.03 bits per heavy atom. The van der Waals surface area contributed by atoms with Crippen LogP contribution in [-0.4, -0.2) is 86.8 Å². The average molecular weight is 543 g/mol. The second-order valence-corrected chi connectivity index (χ2v) is 9.19. The van der Waals surface area contributed by atoms with E-state index < -0.39 is 59.7 Å². The van der Waals surface area contributed by atoms with Crippen LogP contribution in [0.4, 0.5) is 0 Å². The second kappa shape index (κ2) is 16.2. The van der Waals surface area contributed by atoms with Gasteiger partial charge in [-0.3, -0.25) is 24.0 Å². The summed E-state index contributed by atoms with van der Waals surface area (Å²) in [6.45, 7) is 0. The van der Waals surface area contributed by atoms with E-state index in [1.54, 1.807) is 6.26 Å². The number of carbonyl (C=O) groups excluding carboxylic acids is 5. The number of nitrogens with one attached hydrogen (secondary N) is 4. The van der Waals surface area contributed by atoms with E-state index in [0.29, 0.717) is 11.4 Å². The van der Waals surface area contributed by atoms with Gasteiger partial charge in [-0.2, -0.15) is 11.8 Å². The normalized spacial score (nSPS) is 14.0. The van der Waals surface area contributed by atoms with Crippen LogP contribution in [0.2, 0.25) is 0 Å². The first-order valence-corrected chi connectivity index (χ1v) is 12.8. The topological polar surface area (TPSA) is 265 Å². The molecule has 0 aliphatic heterocycles. The molecule has 0 aliphatic rings. The number of H-pyrrole nitrogens is 1. The maximum absolute atomic E-state index is 13.1. The molecule has 1 aromatic rings. The number of imidazole rings is 1. The molecule has 1 rings (SSSR count). The highest BCUT2D eigenvalue weighted by molar-refractivity contribution is 7.98. The molecule has 0 spiro atoms. The first-order valence-electron chi connectivity index (χ1n) is 11.4. The van der Waals surface area contributed by atoms with Crippen molar-refractivity contribution in [3.8, 4) is 0 Å². The number of aromatic amines is 1.